The fourth-order valence-corrected chi connectivity index (χ4v) is 4.19. The normalized spacial score (nSPS) is 11.7. The molecule has 1 atom stereocenters. The Morgan fingerprint density at radius 3 is 2.54 bits per heavy atom. The molecule has 0 aliphatic carbocycles. The number of amides is 1. The molecule has 1 unspecified atom stereocenters. The molecule has 0 saturated heterocycles. The third-order valence-electron chi connectivity index (χ3n) is 6.31. The van der Waals surface area contributed by atoms with Crippen LogP contribution in [0.2, 0.25) is 0 Å². The number of nitrogen functional groups attached to an aromatic ring is 1. The van der Waals surface area contributed by atoms with Gasteiger partial charge in [0.2, 0.25) is 6.41 Å². The van der Waals surface area contributed by atoms with Gasteiger partial charge < -0.3 is 15.8 Å². The number of amidine groups is 1. The smallest absolute Gasteiger partial charge is 0.219 e. The number of aliphatic imine (C=N–C) groups is 1. The van der Waals surface area contributed by atoms with Crippen LogP contribution in [0.1, 0.15) is 29.2 Å². The first-order valence-electron chi connectivity index (χ1n) is 12.5. The van der Waals surface area contributed by atoms with Gasteiger partial charge in [-0.05, 0) is 49.7 Å². The minimum absolute atomic E-state index is 0.0138. The van der Waals surface area contributed by atoms with Gasteiger partial charge in [0, 0.05) is 11.3 Å². The average Bonchev–Trinajstić information content (AvgIpc) is 2.98. The van der Waals surface area contributed by atoms with Gasteiger partial charge in [-0.15, -0.1) is 0 Å². The Morgan fingerprint density at radius 1 is 1.17 bits per heavy atom. The molecule has 0 radical (unpaired) electrons. The number of hydrogen-bond acceptors (Lipinski definition) is 9. The van der Waals surface area contributed by atoms with Gasteiger partial charge >= 0.3 is 0 Å². The molecule has 206 valence electrons. The number of nitriles is 1. The second-order valence-corrected chi connectivity index (χ2v) is 8.91. The molecule has 11 heteroatoms. The molecule has 1 amide bonds. The van der Waals surface area contributed by atoms with Crippen molar-refractivity contribution in [3.05, 3.63) is 101 Å². The molecule has 1 heterocycles. The summed E-state index contributed by atoms with van der Waals surface area (Å²) in [6, 6.07) is 20.3. The Labute approximate surface area is 236 Å². The number of rotatable bonds is 9. The van der Waals surface area contributed by atoms with E-state index in [1.165, 1.54) is 30.5 Å². The van der Waals surface area contributed by atoms with Crippen LogP contribution in [0.5, 0.6) is 5.75 Å². The summed E-state index contributed by atoms with van der Waals surface area (Å²) in [5.41, 5.74) is 7.44. The highest BCUT2D eigenvalue weighted by atomic mass is 19.1. The zero-order valence-corrected chi connectivity index (χ0v) is 22.6. The monoisotopic (exact) mass is 550 g/mol. The summed E-state index contributed by atoms with van der Waals surface area (Å²) in [7, 11) is 1.32. The van der Waals surface area contributed by atoms with E-state index in [4.69, 9.17) is 20.9 Å². The largest absolute Gasteiger partial charge is 0.495 e. The Bertz CT molecular complexity index is 1670. The standard InChI is InChI=1S/C30H27FN8O2/c1-18-9-7-8-12-23(18)38-30(39(17-40)20-10-5-4-6-11-20)19(2)37-29-25(28(34)35-16-36-29)27(33)21-13-14-24(41-3)22(15-32)26(21)31/h4-14,16-17,19,33H,1-3H3,(H3,34,35,36,37). The molecular formula is C30H27FN8O2. The van der Waals surface area contributed by atoms with Crippen LogP contribution in [-0.2, 0) is 4.79 Å². The molecule has 0 aliphatic rings. The van der Waals surface area contributed by atoms with Gasteiger partial charge in [-0.2, -0.15) is 5.26 Å². The Balaban J connectivity index is 1.80. The lowest BCUT2D eigenvalue weighted by Crippen LogP contribution is -2.41. The molecular weight excluding hydrogens is 523 g/mol. The Hall–Kier alpha value is -5.63. The van der Waals surface area contributed by atoms with Crippen molar-refractivity contribution in [3.63, 3.8) is 0 Å². The highest BCUT2D eigenvalue weighted by Gasteiger charge is 2.26. The lowest BCUT2D eigenvalue weighted by atomic mass is 9.99. The average molecular weight is 551 g/mol. The molecule has 41 heavy (non-hydrogen) atoms. The summed E-state index contributed by atoms with van der Waals surface area (Å²) in [6.07, 6.45) is 1.87. The maximum Gasteiger partial charge on any atom is 0.219 e. The molecule has 0 aliphatic heterocycles. The van der Waals surface area contributed by atoms with Crippen LogP contribution in [0.15, 0.2) is 78.0 Å². The number of carbonyl (C=O) groups is 1. The number of nitrogens with two attached hydrogens (primary N) is 1. The van der Waals surface area contributed by atoms with E-state index >= 15 is 4.39 Å². The quantitative estimate of drug-likeness (QED) is 0.151. The maximum atomic E-state index is 15.3. The summed E-state index contributed by atoms with van der Waals surface area (Å²) < 4.78 is 20.4. The number of benzene rings is 3. The number of halogens is 1. The van der Waals surface area contributed by atoms with Crippen LogP contribution in [-0.4, -0.2) is 41.1 Å². The number of methoxy groups -OCH3 is 1. The van der Waals surface area contributed by atoms with Gasteiger partial charge in [-0.25, -0.2) is 19.4 Å². The Morgan fingerprint density at radius 2 is 1.88 bits per heavy atom. The number of aromatic nitrogens is 2. The zero-order valence-electron chi connectivity index (χ0n) is 22.6. The Kier molecular flexibility index (Phi) is 8.64. The second-order valence-electron chi connectivity index (χ2n) is 8.91. The van der Waals surface area contributed by atoms with E-state index in [0.717, 1.165) is 5.56 Å². The van der Waals surface area contributed by atoms with Crippen molar-refractivity contribution in [2.45, 2.75) is 19.9 Å². The van der Waals surface area contributed by atoms with Crippen LogP contribution in [0.4, 0.5) is 27.4 Å². The molecule has 0 fully saturated rings. The fourth-order valence-electron chi connectivity index (χ4n) is 4.19. The number of nitrogens with one attached hydrogen (secondary N) is 2. The van der Waals surface area contributed by atoms with Crippen molar-refractivity contribution in [2.24, 2.45) is 4.99 Å². The number of ether oxygens (including phenoxy) is 1. The minimum Gasteiger partial charge on any atom is -0.495 e. The first kappa shape index (κ1) is 28.4. The van der Waals surface area contributed by atoms with Crippen LogP contribution in [0.25, 0.3) is 0 Å². The first-order chi connectivity index (χ1) is 19.8. The van der Waals surface area contributed by atoms with Crippen molar-refractivity contribution in [2.75, 3.05) is 23.1 Å². The number of carbonyl (C=O) groups excluding carboxylic acids is 1. The summed E-state index contributed by atoms with van der Waals surface area (Å²) in [6.45, 7) is 3.68. The van der Waals surface area contributed by atoms with E-state index in [1.54, 1.807) is 37.3 Å². The number of para-hydroxylation sites is 2. The molecule has 4 aromatic rings. The van der Waals surface area contributed by atoms with Crippen LogP contribution in [0.3, 0.4) is 0 Å². The van der Waals surface area contributed by atoms with Gasteiger partial charge in [-0.1, -0.05) is 36.4 Å². The van der Waals surface area contributed by atoms with E-state index in [1.807, 2.05) is 37.3 Å². The lowest BCUT2D eigenvalue weighted by molar-refractivity contribution is -0.106. The highest BCUT2D eigenvalue weighted by Crippen LogP contribution is 2.29. The van der Waals surface area contributed by atoms with E-state index in [9.17, 15) is 10.1 Å². The van der Waals surface area contributed by atoms with E-state index in [-0.39, 0.29) is 39.8 Å². The summed E-state index contributed by atoms with van der Waals surface area (Å²) in [5, 5.41) is 21.5. The molecule has 1 aromatic heterocycles. The lowest BCUT2D eigenvalue weighted by Gasteiger charge is -2.26. The topological polar surface area (TPSA) is 153 Å². The summed E-state index contributed by atoms with van der Waals surface area (Å²) in [4.78, 5) is 26.9. The van der Waals surface area contributed by atoms with E-state index < -0.39 is 11.9 Å². The number of anilines is 3. The highest BCUT2D eigenvalue weighted by molar-refractivity contribution is 6.18. The molecule has 10 nitrogen and oxygen atoms in total. The van der Waals surface area contributed by atoms with Gasteiger partial charge in [0.05, 0.1) is 30.1 Å². The molecule has 0 bridgehead atoms. The van der Waals surface area contributed by atoms with Crippen molar-refractivity contribution < 1.29 is 13.9 Å². The third kappa shape index (κ3) is 5.86. The fraction of sp³-hybridized carbons (Fsp3) is 0.133. The first-order valence-corrected chi connectivity index (χ1v) is 12.5. The van der Waals surface area contributed by atoms with Gasteiger partial charge in [0.15, 0.2) is 5.82 Å². The van der Waals surface area contributed by atoms with Crippen molar-refractivity contribution >= 4 is 41.0 Å². The van der Waals surface area contributed by atoms with E-state index in [0.29, 0.717) is 23.6 Å². The van der Waals surface area contributed by atoms with Gasteiger partial charge in [-0.3, -0.25) is 15.1 Å². The van der Waals surface area contributed by atoms with Crippen LogP contribution in [0, 0.1) is 29.5 Å². The van der Waals surface area contributed by atoms with Crippen LogP contribution < -0.4 is 20.7 Å². The van der Waals surface area contributed by atoms with Crippen LogP contribution >= 0.6 is 0 Å². The van der Waals surface area contributed by atoms with Gasteiger partial charge in [0.25, 0.3) is 0 Å². The third-order valence-corrected chi connectivity index (χ3v) is 6.31. The molecule has 0 saturated carbocycles. The number of hydrogen-bond donors (Lipinski definition) is 3. The number of nitrogens with zero attached hydrogens (tertiary/aromatic N) is 5. The SMILES string of the molecule is COc1ccc(C(=N)c2c(N)ncnc2NC(C)C(=Nc2ccccc2C)N(C=O)c2ccccc2)c(F)c1C#N. The van der Waals surface area contributed by atoms with Gasteiger partial charge in [0.1, 0.15) is 41.2 Å². The minimum atomic E-state index is -0.933. The predicted octanol–water partition coefficient (Wildman–Crippen LogP) is 5.00. The second kappa shape index (κ2) is 12.5. The zero-order chi connectivity index (χ0) is 29.5. The van der Waals surface area contributed by atoms with E-state index in [2.05, 4.69) is 15.3 Å². The molecule has 3 aromatic carbocycles. The summed E-state index contributed by atoms with van der Waals surface area (Å²) in [5.74, 6) is -0.534. The maximum absolute atomic E-state index is 15.3. The number of aryl methyl sites for hydroxylation is 1. The van der Waals surface area contributed by atoms with Crippen molar-refractivity contribution in [3.8, 4) is 11.8 Å². The predicted molar refractivity (Wildman–Crippen MR) is 156 cm³/mol. The van der Waals surface area contributed by atoms with Crippen molar-refractivity contribution in [1.29, 1.82) is 10.7 Å². The summed E-state index contributed by atoms with van der Waals surface area (Å²) >= 11 is 0. The molecule has 4 rings (SSSR count). The van der Waals surface area contributed by atoms with Crippen molar-refractivity contribution in [1.82, 2.24) is 9.97 Å². The molecule has 0 spiro atoms. The molecule has 4 N–H and O–H groups in total.